The number of aliphatic hydroxyl groups is 1. The molecule has 288 valence electrons. The minimum absolute atomic E-state index is 0.0449. The number of esters is 1. The Morgan fingerprint density at radius 3 is 2.16 bits per heavy atom. The van der Waals surface area contributed by atoms with Crippen molar-refractivity contribution in [2.24, 2.45) is 46.3 Å². The molecule has 4 aliphatic rings. The molecule has 3 fully saturated rings. The fraction of sp³-hybridized carbons (Fsp3) is 0.894. The molecule has 3 saturated carbocycles. The fourth-order valence-electron chi connectivity index (χ4n) is 11.9. The molecule has 8 atom stereocenters. The third kappa shape index (κ3) is 11.5. The van der Waals surface area contributed by atoms with Gasteiger partial charge in [-0.25, -0.2) is 0 Å². The first-order chi connectivity index (χ1) is 24.0. The lowest BCUT2D eigenvalue weighted by Gasteiger charge is -2.59. The number of carbonyl (C=O) groups excluding carboxylic acids is 1. The summed E-state index contributed by atoms with van der Waals surface area (Å²) in [7, 11) is 0. The van der Waals surface area contributed by atoms with Gasteiger partial charge in [0.25, 0.3) is 0 Å². The number of fused-ring (bicyclic) bond motifs is 5. The highest BCUT2D eigenvalue weighted by atomic mass is 16.5. The van der Waals surface area contributed by atoms with Crippen molar-refractivity contribution in [3.8, 4) is 0 Å². The molecule has 3 nitrogen and oxygen atoms in total. The summed E-state index contributed by atoms with van der Waals surface area (Å²) in [5.74, 6) is 5.24. The second-order valence-electron chi connectivity index (χ2n) is 18.9. The van der Waals surface area contributed by atoms with Gasteiger partial charge in [-0.1, -0.05) is 129 Å². The molecule has 0 spiro atoms. The van der Waals surface area contributed by atoms with E-state index < -0.39 is 5.60 Å². The van der Waals surface area contributed by atoms with Gasteiger partial charge in [0.15, 0.2) is 0 Å². The van der Waals surface area contributed by atoms with Gasteiger partial charge < -0.3 is 9.84 Å². The van der Waals surface area contributed by atoms with Crippen molar-refractivity contribution < 1.29 is 14.6 Å². The second-order valence-corrected chi connectivity index (χ2v) is 18.9. The Morgan fingerprint density at radius 1 is 0.820 bits per heavy atom. The van der Waals surface area contributed by atoms with Gasteiger partial charge in [0.05, 0.1) is 12.2 Å². The second kappa shape index (κ2) is 20.4. The van der Waals surface area contributed by atoms with E-state index in [-0.39, 0.29) is 5.97 Å². The Bertz CT molecular complexity index is 1060. The number of rotatable bonds is 23. The first kappa shape index (κ1) is 41.7. The van der Waals surface area contributed by atoms with E-state index in [0.29, 0.717) is 23.9 Å². The first-order valence-corrected chi connectivity index (χ1v) is 22.2. The van der Waals surface area contributed by atoms with Crippen LogP contribution in [0.3, 0.4) is 0 Å². The van der Waals surface area contributed by atoms with Crippen LogP contribution in [0, 0.1) is 46.3 Å². The lowest BCUT2D eigenvalue weighted by Crippen LogP contribution is -2.52. The minimum Gasteiger partial charge on any atom is -0.466 e. The molecule has 1 unspecified atom stereocenters. The van der Waals surface area contributed by atoms with Crippen molar-refractivity contribution in [2.45, 2.75) is 214 Å². The van der Waals surface area contributed by atoms with Crippen molar-refractivity contribution in [1.29, 1.82) is 0 Å². The Morgan fingerprint density at radius 2 is 1.48 bits per heavy atom. The molecule has 0 radical (unpaired) electrons. The monoisotopic (exact) mass is 695 g/mol. The van der Waals surface area contributed by atoms with Gasteiger partial charge in [-0.3, -0.25) is 4.79 Å². The summed E-state index contributed by atoms with van der Waals surface area (Å²) < 4.78 is 4.99. The molecule has 0 bridgehead atoms. The van der Waals surface area contributed by atoms with Crippen LogP contribution in [0.25, 0.3) is 0 Å². The molecule has 0 saturated heterocycles. The standard InChI is InChI=1S/C47H82O3/c1-7-50-44(48)26-21-19-17-15-13-11-9-8-10-12-14-16-18-20-22-32-47(49)35-34-45(5)39(36-47)27-28-40-42-30-29-41(38(4)25-23-24-37(2)3)46(42,6)33-31-43(40)45/h8-9,27,37-38,40-43,49H,7,10-26,28-36H2,1-6H3/t38-,40+,41-,42+,43+,45+,46-,47?/m1/s1. The van der Waals surface area contributed by atoms with Crippen LogP contribution < -0.4 is 0 Å². The largest absolute Gasteiger partial charge is 0.466 e. The number of unbranched alkanes of at least 4 members (excludes halogenated alkanes) is 11. The van der Waals surface area contributed by atoms with Gasteiger partial charge in [-0.2, -0.15) is 0 Å². The van der Waals surface area contributed by atoms with Crippen LogP contribution in [0.5, 0.6) is 0 Å². The van der Waals surface area contributed by atoms with Gasteiger partial charge in [0.2, 0.25) is 0 Å². The summed E-state index contributed by atoms with van der Waals surface area (Å²) in [6.07, 6.45) is 39.5. The van der Waals surface area contributed by atoms with Crippen LogP contribution in [0.1, 0.15) is 208 Å². The Hall–Kier alpha value is -1.09. The molecule has 4 aliphatic carbocycles. The molecule has 50 heavy (non-hydrogen) atoms. The van der Waals surface area contributed by atoms with Crippen LogP contribution >= 0.6 is 0 Å². The number of hydrogen-bond donors (Lipinski definition) is 1. The predicted molar refractivity (Wildman–Crippen MR) is 213 cm³/mol. The van der Waals surface area contributed by atoms with E-state index in [1.807, 2.05) is 6.92 Å². The molecule has 4 rings (SSSR count). The van der Waals surface area contributed by atoms with Crippen LogP contribution in [0.4, 0.5) is 0 Å². The molecule has 0 aliphatic heterocycles. The topological polar surface area (TPSA) is 46.5 Å². The summed E-state index contributed by atoms with van der Waals surface area (Å²) in [5.41, 5.74) is 2.07. The summed E-state index contributed by atoms with van der Waals surface area (Å²) in [4.78, 5) is 11.4. The molecule has 0 heterocycles. The van der Waals surface area contributed by atoms with Gasteiger partial charge in [0.1, 0.15) is 0 Å². The Labute approximate surface area is 310 Å². The lowest BCUT2D eigenvalue weighted by atomic mass is 9.46. The van der Waals surface area contributed by atoms with Crippen LogP contribution in [0.2, 0.25) is 0 Å². The Balaban J connectivity index is 1.08. The van der Waals surface area contributed by atoms with E-state index in [0.717, 1.165) is 67.6 Å². The zero-order valence-electron chi connectivity index (χ0n) is 34.1. The van der Waals surface area contributed by atoms with Crippen LogP contribution in [-0.2, 0) is 9.53 Å². The molecule has 0 aromatic carbocycles. The maximum absolute atomic E-state index is 11.8. The molecular formula is C47H82O3. The molecule has 0 aromatic rings. The molecule has 3 heteroatoms. The lowest BCUT2D eigenvalue weighted by molar-refractivity contribution is -0.143. The third-order valence-corrected chi connectivity index (χ3v) is 14.9. The van der Waals surface area contributed by atoms with Crippen molar-refractivity contribution >= 4 is 5.97 Å². The average molecular weight is 695 g/mol. The van der Waals surface area contributed by atoms with Gasteiger partial charge >= 0.3 is 5.97 Å². The molecular weight excluding hydrogens is 613 g/mol. The van der Waals surface area contributed by atoms with Gasteiger partial charge in [-0.15, -0.1) is 0 Å². The van der Waals surface area contributed by atoms with Crippen molar-refractivity contribution in [3.63, 3.8) is 0 Å². The highest BCUT2D eigenvalue weighted by molar-refractivity contribution is 5.69. The van der Waals surface area contributed by atoms with Gasteiger partial charge in [0, 0.05) is 6.42 Å². The van der Waals surface area contributed by atoms with E-state index >= 15 is 0 Å². The maximum atomic E-state index is 11.8. The zero-order valence-corrected chi connectivity index (χ0v) is 34.1. The van der Waals surface area contributed by atoms with Gasteiger partial charge in [-0.05, 0) is 143 Å². The Kier molecular flexibility index (Phi) is 17.0. The highest BCUT2D eigenvalue weighted by Gasteiger charge is 2.59. The van der Waals surface area contributed by atoms with Crippen LogP contribution in [-0.4, -0.2) is 23.3 Å². The summed E-state index contributed by atoms with van der Waals surface area (Å²) in [5, 5.41) is 11.8. The van der Waals surface area contributed by atoms with E-state index in [4.69, 9.17) is 4.74 Å². The third-order valence-electron chi connectivity index (χ3n) is 14.9. The summed E-state index contributed by atoms with van der Waals surface area (Å²) >= 11 is 0. The quantitative estimate of drug-likeness (QED) is 0.0658. The summed E-state index contributed by atoms with van der Waals surface area (Å²) in [6, 6.07) is 0. The smallest absolute Gasteiger partial charge is 0.305 e. The zero-order chi connectivity index (χ0) is 36.0. The minimum atomic E-state index is -0.460. The van der Waals surface area contributed by atoms with Crippen molar-refractivity contribution in [1.82, 2.24) is 0 Å². The van der Waals surface area contributed by atoms with E-state index in [1.54, 1.807) is 5.57 Å². The first-order valence-electron chi connectivity index (χ1n) is 22.2. The molecule has 1 N–H and O–H groups in total. The summed E-state index contributed by atoms with van der Waals surface area (Å²) in [6.45, 7) is 15.1. The average Bonchev–Trinajstić information content (AvgIpc) is 3.44. The number of carbonyl (C=O) groups is 1. The van der Waals surface area contributed by atoms with E-state index in [1.165, 1.54) is 128 Å². The van der Waals surface area contributed by atoms with Crippen molar-refractivity contribution in [2.75, 3.05) is 6.61 Å². The number of allylic oxidation sites excluding steroid dienone is 3. The SMILES string of the molecule is CCOC(=O)CCCCCCCC=CCCCCCCCCC1(O)CC[C@@]2(C)C(=CC[C@H]3[C@@H]4CC[C@H]([C@H](C)CCCC(C)C)[C@@]4(C)CC[C@@H]32)C1. The predicted octanol–water partition coefficient (Wildman–Crippen LogP) is 13.7. The molecule has 0 aromatic heterocycles. The normalized spacial score (nSPS) is 32.8. The van der Waals surface area contributed by atoms with Crippen molar-refractivity contribution in [3.05, 3.63) is 23.8 Å². The maximum Gasteiger partial charge on any atom is 0.305 e. The number of ether oxygens (including phenoxy) is 1. The van der Waals surface area contributed by atoms with E-state index in [9.17, 15) is 9.90 Å². The fourth-order valence-corrected chi connectivity index (χ4v) is 11.9. The van der Waals surface area contributed by atoms with Crippen LogP contribution in [0.15, 0.2) is 23.8 Å². The highest BCUT2D eigenvalue weighted by Crippen LogP contribution is 2.68. The molecule has 0 amide bonds. The number of hydrogen-bond acceptors (Lipinski definition) is 3. The van der Waals surface area contributed by atoms with E-state index in [2.05, 4.69) is 52.8 Å².